The normalized spacial score (nSPS) is 16.7. The van der Waals surface area contributed by atoms with Gasteiger partial charge in [0.2, 0.25) is 0 Å². The number of hydrogen-bond acceptors (Lipinski definition) is 2. The van der Waals surface area contributed by atoms with E-state index in [9.17, 15) is 0 Å². The molecule has 1 aromatic carbocycles. The van der Waals surface area contributed by atoms with Crippen LogP contribution < -0.4 is 4.90 Å². The number of aryl methyl sites for hydroxylation is 2. The molecule has 0 spiro atoms. The fraction of sp³-hybridized carbons (Fsp3) is 0.533. The van der Waals surface area contributed by atoms with Crippen molar-refractivity contribution in [3.8, 4) is 6.07 Å². The van der Waals surface area contributed by atoms with Crippen molar-refractivity contribution in [3.05, 3.63) is 28.3 Å². The van der Waals surface area contributed by atoms with E-state index >= 15 is 0 Å². The summed E-state index contributed by atoms with van der Waals surface area (Å²) in [7, 11) is 0. The van der Waals surface area contributed by atoms with Crippen LogP contribution in [0.15, 0.2) is 12.1 Å². The first kappa shape index (κ1) is 13.2. The standard InChI is InChI=1S/C15H19ClN2/c1-11-9-12(2)15(14(16)10-11)18-7-4-13(3-6-17)5-8-18/h9-10,13H,3-5,7-8H2,1-2H3. The van der Waals surface area contributed by atoms with E-state index in [4.69, 9.17) is 16.9 Å². The van der Waals surface area contributed by atoms with Crippen LogP contribution in [-0.2, 0) is 0 Å². The summed E-state index contributed by atoms with van der Waals surface area (Å²) in [6.45, 7) is 6.21. The topological polar surface area (TPSA) is 27.0 Å². The number of rotatable bonds is 2. The first-order valence-corrected chi connectivity index (χ1v) is 6.88. The zero-order valence-electron chi connectivity index (χ0n) is 11.0. The minimum atomic E-state index is 0.566. The number of piperidine rings is 1. The van der Waals surface area contributed by atoms with Crippen molar-refractivity contribution in [3.63, 3.8) is 0 Å². The van der Waals surface area contributed by atoms with Crippen LogP contribution in [0.5, 0.6) is 0 Å². The van der Waals surface area contributed by atoms with Gasteiger partial charge in [0.15, 0.2) is 0 Å². The molecule has 0 N–H and O–H groups in total. The number of halogens is 1. The Kier molecular flexibility index (Phi) is 4.14. The minimum absolute atomic E-state index is 0.566. The molecule has 1 aliphatic heterocycles. The molecule has 1 heterocycles. The molecule has 0 unspecified atom stereocenters. The summed E-state index contributed by atoms with van der Waals surface area (Å²) in [5, 5.41) is 9.59. The van der Waals surface area contributed by atoms with E-state index < -0.39 is 0 Å². The molecule has 0 saturated carbocycles. The highest BCUT2D eigenvalue weighted by Crippen LogP contribution is 2.34. The molecule has 1 saturated heterocycles. The highest BCUT2D eigenvalue weighted by Gasteiger charge is 2.21. The first-order valence-electron chi connectivity index (χ1n) is 6.50. The summed E-state index contributed by atoms with van der Waals surface area (Å²) in [6.07, 6.45) is 2.88. The fourth-order valence-electron chi connectivity index (χ4n) is 2.80. The molecule has 1 aliphatic rings. The summed E-state index contributed by atoms with van der Waals surface area (Å²) < 4.78 is 0. The monoisotopic (exact) mass is 262 g/mol. The molecular weight excluding hydrogens is 244 g/mol. The Morgan fingerprint density at radius 1 is 1.33 bits per heavy atom. The Hall–Kier alpha value is -1.20. The third-order valence-corrected chi connectivity index (χ3v) is 4.00. The van der Waals surface area contributed by atoms with E-state index in [1.165, 1.54) is 16.8 Å². The molecule has 0 radical (unpaired) electrons. The lowest BCUT2D eigenvalue weighted by Gasteiger charge is -2.34. The second kappa shape index (κ2) is 5.63. The molecule has 0 amide bonds. The summed E-state index contributed by atoms with van der Waals surface area (Å²) in [6, 6.07) is 6.49. The number of hydrogen-bond donors (Lipinski definition) is 0. The SMILES string of the molecule is Cc1cc(C)c(N2CCC(CC#N)CC2)c(Cl)c1. The van der Waals surface area contributed by atoms with Crippen molar-refractivity contribution in [1.82, 2.24) is 0 Å². The lowest BCUT2D eigenvalue weighted by Crippen LogP contribution is -2.34. The van der Waals surface area contributed by atoms with Gasteiger partial charge in [0.05, 0.1) is 16.8 Å². The van der Waals surface area contributed by atoms with Crippen LogP contribution in [-0.4, -0.2) is 13.1 Å². The van der Waals surface area contributed by atoms with Gasteiger partial charge < -0.3 is 4.90 Å². The van der Waals surface area contributed by atoms with Crippen molar-refractivity contribution in [1.29, 1.82) is 5.26 Å². The second-order valence-corrected chi connectivity index (χ2v) is 5.61. The van der Waals surface area contributed by atoms with Crippen molar-refractivity contribution in [2.24, 2.45) is 5.92 Å². The number of nitriles is 1. The summed E-state index contributed by atoms with van der Waals surface area (Å²) in [4.78, 5) is 2.37. The average molecular weight is 263 g/mol. The van der Waals surface area contributed by atoms with E-state index in [2.05, 4.69) is 30.9 Å². The number of nitrogens with zero attached hydrogens (tertiary/aromatic N) is 2. The van der Waals surface area contributed by atoms with E-state index in [0.29, 0.717) is 12.3 Å². The van der Waals surface area contributed by atoms with Crippen LogP contribution in [0.1, 0.15) is 30.4 Å². The highest BCUT2D eigenvalue weighted by molar-refractivity contribution is 6.33. The number of anilines is 1. The molecule has 0 bridgehead atoms. The Balaban J connectivity index is 2.13. The predicted molar refractivity (Wildman–Crippen MR) is 76.1 cm³/mol. The molecule has 3 heteroatoms. The Bertz CT molecular complexity index is 445. The summed E-state index contributed by atoms with van der Waals surface area (Å²) in [5.74, 6) is 0.566. The van der Waals surface area contributed by atoms with E-state index in [-0.39, 0.29) is 0 Å². The quantitative estimate of drug-likeness (QED) is 0.803. The summed E-state index contributed by atoms with van der Waals surface area (Å²) >= 11 is 6.37. The maximum Gasteiger partial charge on any atom is 0.0644 e. The lowest BCUT2D eigenvalue weighted by atomic mass is 9.93. The van der Waals surface area contributed by atoms with Gasteiger partial charge in [-0.05, 0) is 49.8 Å². The van der Waals surface area contributed by atoms with Crippen molar-refractivity contribution in [2.45, 2.75) is 33.1 Å². The zero-order valence-corrected chi connectivity index (χ0v) is 11.8. The van der Waals surface area contributed by atoms with Crippen LogP contribution in [0, 0.1) is 31.1 Å². The second-order valence-electron chi connectivity index (χ2n) is 5.20. The van der Waals surface area contributed by atoms with Gasteiger partial charge in [-0.1, -0.05) is 17.7 Å². The van der Waals surface area contributed by atoms with Gasteiger partial charge in [-0.15, -0.1) is 0 Å². The van der Waals surface area contributed by atoms with Gasteiger partial charge in [-0.25, -0.2) is 0 Å². The van der Waals surface area contributed by atoms with E-state index in [1.54, 1.807) is 0 Å². The Labute approximate surface area is 114 Å². The Morgan fingerprint density at radius 2 is 2.00 bits per heavy atom. The van der Waals surface area contributed by atoms with Crippen LogP contribution in [0.25, 0.3) is 0 Å². The molecule has 2 rings (SSSR count). The molecule has 0 aliphatic carbocycles. The van der Waals surface area contributed by atoms with E-state index in [1.807, 2.05) is 6.07 Å². The van der Waals surface area contributed by atoms with Crippen molar-refractivity contribution < 1.29 is 0 Å². The maximum absolute atomic E-state index is 8.74. The number of benzene rings is 1. The smallest absolute Gasteiger partial charge is 0.0644 e. The minimum Gasteiger partial charge on any atom is -0.370 e. The van der Waals surface area contributed by atoms with Gasteiger partial charge in [0, 0.05) is 19.5 Å². The lowest BCUT2D eigenvalue weighted by molar-refractivity contribution is 0.412. The molecule has 96 valence electrons. The maximum atomic E-state index is 8.74. The van der Waals surface area contributed by atoms with Gasteiger partial charge in [0.1, 0.15) is 0 Å². The largest absolute Gasteiger partial charge is 0.370 e. The zero-order chi connectivity index (χ0) is 13.1. The Morgan fingerprint density at radius 3 is 2.56 bits per heavy atom. The molecule has 18 heavy (non-hydrogen) atoms. The fourth-order valence-corrected chi connectivity index (χ4v) is 3.24. The molecule has 1 aromatic rings. The average Bonchev–Trinajstić information content (AvgIpc) is 2.30. The highest BCUT2D eigenvalue weighted by atomic mass is 35.5. The molecule has 2 nitrogen and oxygen atoms in total. The third-order valence-electron chi connectivity index (χ3n) is 3.71. The van der Waals surface area contributed by atoms with Crippen LogP contribution in [0.3, 0.4) is 0 Å². The predicted octanol–water partition coefficient (Wildman–Crippen LogP) is 4.09. The molecular formula is C15H19ClN2. The van der Waals surface area contributed by atoms with Crippen LogP contribution in [0.2, 0.25) is 5.02 Å². The van der Waals surface area contributed by atoms with Crippen molar-refractivity contribution in [2.75, 3.05) is 18.0 Å². The van der Waals surface area contributed by atoms with Gasteiger partial charge in [-0.2, -0.15) is 5.26 Å². The van der Waals surface area contributed by atoms with Crippen molar-refractivity contribution >= 4 is 17.3 Å². The first-order chi connectivity index (χ1) is 8.61. The van der Waals surface area contributed by atoms with Crippen LogP contribution in [0.4, 0.5) is 5.69 Å². The van der Waals surface area contributed by atoms with Gasteiger partial charge >= 0.3 is 0 Å². The molecule has 0 atom stereocenters. The molecule has 1 fully saturated rings. The third kappa shape index (κ3) is 2.79. The van der Waals surface area contributed by atoms with E-state index in [0.717, 1.165) is 31.0 Å². The van der Waals surface area contributed by atoms with Crippen LogP contribution >= 0.6 is 11.6 Å². The molecule has 0 aromatic heterocycles. The summed E-state index contributed by atoms with van der Waals surface area (Å²) in [5.41, 5.74) is 3.64. The van der Waals surface area contributed by atoms with Gasteiger partial charge in [0.25, 0.3) is 0 Å². The van der Waals surface area contributed by atoms with Gasteiger partial charge in [-0.3, -0.25) is 0 Å².